The molecule has 0 aliphatic heterocycles. The van der Waals surface area contributed by atoms with Crippen LogP contribution in [0.3, 0.4) is 0 Å². The monoisotopic (exact) mass is 259 g/mol. The predicted octanol–water partition coefficient (Wildman–Crippen LogP) is 3.74. The van der Waals surface area contributed by atoms with Crippen molar-refractivity contribution in [1.82, 2.24) is 5.32 Å². The summed E-state index contributed by atoms with van der Waals surface area (Å²) >= 11 is 0. The Kier molecular flexibility index (Phi) is 3.30. The molecule has 2 aromatic rings. The maximum atomic E-state index is 13.6. The van der Waals surface area contributed by atoms with Gasteiger partial charge in [-0.3, -0.25) is 0 Å². The summed E-state index contributed by atoms with van der Waals surface area (Å²) in [5, 5.41) is 3.41. The third-order valence-electron chi connectivity index (χ3n) is 3.68. The van der Waals surface area contributed by atoms with E-state index in [9.17, 15) is 8.78 Å². The first-order valence-electron chi connectivity index (χ1n) is 6.49. The van der Waals surface area contributed by atoms with Gasteiger partial charge in [-0.1, -0.05) is 24.3 Å². The van der Waals surface area contributed by atoms with Crippen molar-refractivity contribution in [2.24, 2.45) is 0 Å². The van der Waals surface area contributed by atoms with Gasteiger partial charge in [-0.2, -0.15) is 0 Å². The van der Waals surface area contributed by atoms with E-state index in [0.29, 0.717) is 6.54 Å². The van der Waals surface area contributed by atoms with Crippen molar-refractivity contribution >= 4 is 0 Å². The quantitative estimate of drug-likeness (QED) is 0.885. The summed E-state index contributed by atoms with van der Waals surface area (Å²) in [6.07, 6.45) is 1.69. The minimum Gasteiger partial charge on any atom is -0.306 e. The van der Waals surface area contributed by atoms with Crippen LogP contribution in [-0.2, 0) is 13.0 Å². The zero-order valence-electron chi connectivity index (χ0n) is 10.5. The Morgan fingerprint density at radius 1 is 1.05 bits per heavy atom. The topological polar surface area (TPSA) is 12.0 Å². The van der Waals surface area contributed by atoms with Gasteiger partial charge in [-0.05, 0) is 47.7 Å². The number of hydrogen-bond donors (Lipinski definition) is 1. The van der Waals surface area contributed by atoms with Crippen LogP contribution >= 0.6 is 0 Å². The fourth-order valence-corrected chi connectivity index (χ4v) is 2.67. The number of fused-ring (bicyclic) bond motifs is 1. The van der Waals surface area contributed by atoms with E-state index in [0.717, 1.165) is 29.5 Å². The van der Waals surface area contributed by atoms with E-state index < -0.39 is 0 Å². The highest BCUT2D eigenvalue weighted by atomic mass is 19.1. The van der Waals surface area contributed by atoms with Crippen molar-refractivity contribution in [3.63, 3.8) is 0 Å². The van der Waals surface area contributed by atoms with E-state index in [-0.39, 0.29) is 17.7 Å². The second-order valence-electron chi connectivity index (χ2n) is 4.91. The van der Waals surface area contributed by atoms with Crippen molar-refractivity contribution in [3.05, 3.63) is 70.8 Å². The number of hydrogen-bond acceptors (Lipinski definition) is 1. The van der Waals surface area contributed by atoms with Crippen molar-refractivity contribution < 1.29 is 8.78 Å². The summed E-state index contributed by atoms with van der Waals surface area (Å²) in [5.41, 5.74) is 2.92. The summed E-state index contributed by atoms with van der Waals surface area (Å²) < 4.78 is 26.4. The lowest BCUT2D eigenvalue weighted by Crippen LogP contribution is -2.18. The van der Waals surface area contributed by atoms with Crippen molar-refractivity contribution in [2.75, 3.05) is 0 Å². The standard InChI is InChI=1S/C16H15F2N/c17-12-6-4-11(5-7-12)10-19-16-9-8-13-14(16)2-1-3-15(13)18/h1-7,16,19H,8-10H2. The summed E-state index contributed by atoms with van der Waals surface area (Å²) in [4.78, 5) is 0. The molecular weight excluding hydrogens is 244 g/mol. The van der Waals surface area contributed by atoms with Gasteiger partial charge in [-0.15, -0.1) is 0 Å². The van der Waals surface area contributed by atoms with Crippen molar-refractivity contribution in [3.8, 4) is 0 Å². The average molecular weight is 259 g/mol. The first kappa shape index (κ1) is 12.3. The largest absolute Gasteiger partial charge is 0.306 e. The Balaban J connectivity index is 1.70. The van der Waals surface area contributed by atoms with Gasteiger partial charge < -0.3 is 5.32 Å². The first-order chi connectivity index (χ1) is 9.24. The summed E-state index contributed by atoms with van der Waals surface area (Å²) in [5.74, 6) is -0.333. The molecule has 0 amide bonds. The number of benzene rings is 2. The molecule has 0 bridgehead atoms. The van der Waals surface area contributed by atoms with Crippen LogP contribution in [0.4, 0.5) is 8.78 Å². The molecule has 2 aromatic carbocycles. The number of nitrogens with one attached hydrogen (secondary N) is 1. The Labute approximate surface area is 111 Å². The van der Waals surface area contributed by atoms with E-state index in [1.54, 1.807) is 18.2 Å². The van der Waals surface area contributed by atoms with Gasteiger partial charge >= 0.3 is 0 Å². The molecule has 0 saturated carbocycles. The molecule has 19 heavy (non-hydrogen) atoms. The Bertz CT molecular complexity index is 578. The van der Waals surface area contributed by atoms with E-state index in [2.05, 4.69) is 5.32 Å². The lowest BCUT2D eigenvalue weighted by molar-refractivity contribution is 0.529. The maximum absolute atomic E-state index is 13.6. The first-order valence-corrected chi connectivity index (χ1v) is 6.49. The van der Waals surface area contributed by atoms with Gasteiger partial charge in [-0.25, -0.2) is 8.78 Å². The summed E-state index contributed by atoms with van der Waals surface area (Å²) in [6, 6.07) is 11.9. The smallest absolute Gasteiger partial charge is 0.126 e. The van der Waals surface area contributed by atoms with Crippen molar-refractivity contribution in [2.45, 2.75) is 25.4 Å². The minimum absolute atomic E-state index is 0.108. The fraction of sp³-hybridized carbons (Fsp3) is 0.250. The highest BCUT2D eigenvalue weighted by molar-refractivity contribution is 5.35. The molecule has 0 saturated heterocycles. The third-order valence-corrected chi connectivity index (χ3v) is 3.68. The Hall–Kier alpha value is -1.74. The molecule has 3 rings (SSSR count). The molecule has 0 heterocycles. The average Bonchev–Trinajstić information content (AvgIpc) is 2.83. The van der Waals surface area contributed by atoms with Crippen LogP contribution in [0.15, 0.2) is 42.5 Å². The molecule has 1 N–H and O–H groups in total. The lowest BCUT2D eigenvalue weighted by atomic mass is 10.1. The molecule has 1 atom stereocenters. The maximum Gasteiger partial charge on any atom is 0.126 e. The lowest BCUT2D eigenvalue weighted by Gasteiger charge is -2.14. The molecule has 0 spiro atoms. The van der Waals surface area contributed by atoms with E-state index in [1.165, 1.54) is 18.2 Å². The fourth-order valence-electron chi connectivity index (χ4n) is 2.67. The van der Waals surface area contributed by atoms with Crippen LogP contribution in [0.1, 0.15) is 29.2 Å². The molecular formula is C16H15F2N. The third kappa shape index (κ3) is 2.51. The number of halogens is 2. The Morgan fingerprint density at radius 2 is 1.84 bits per heavy atom. The van der Waals surface area contributed by atoms with Crippen LogP contribution in [0.25, 0.3) is 0 Å². The van der Waals surface area contributed by atoms with Gasteiger partial charge in [0.25, 0.3) is 0 Å². The predicted molar refractivity (Wildman–Crippen MR) is 70.7 cm³/mol. The van der Waals surface area contributed by atoms with Crippen LogP contribution in [0.2, 0.25) is 0 Å². The van der Waals surface area contributed by atoms with Crippen LogP contribution in [0.5, 0.6) is 0 Å². The van der Waals surface area contributed by atoms with Gasteiger partial charge in [0.05, 0.1) is 0 Å². The molecule has 1 aliphatic carbocycles. The molecule has 0 radical (unpaired) electrons. The van der Waals surface area contributed by atoms with Crippen LogP contribution in [0, 0.1) is 11.6 Å². The highest BCUT2D eigenvalue weighted by Gasteiger charge is 2.24. The second kappa shape index (κ2) is 5.10. The molecule has 3 heteroatoms. The minimum atomic E-state index is -0.225. The SMILES string of the molecule is Fc1ccc(CNC2CCc3c(F)cccc32)cc1. The number of rotatable bonds is 3. The zero-order valence-corrected chi connectivity index (χ0v) is 10.5. The van der Waals surface area contributed by atoms with Gasteiger partial charge in [0.2, 0.25) is 0 Å². The summed E-state index contributed by atoms with van der Waals surface area (Å²) in [6.45, 7) is 0.668. The van der Waals surface area contributed by atoms with Gasteiger partial charge in [0, 0.05) is 12.6 Å². The molecule has 0 fully saturated rings. The zero-order chi connectivity index (χ0) is 13.2. The molecule has 1 aliphatic rings. The van der Waals surface area contributed by atoms with Crippen molar-refractivity contribution in [1.29, 1.82) is 0 Å². The normalized spacial score (nSPS) is 17.5. The summed E-state index contributed by atoms with van der Waals surface area (Å²) in [7, 11) is 0. The second-order valence-corrected chi connectivity index (χ2v) is 4.91. The van der Waals surface area contributed by atoms with Crippen LogP contribution < -0.4 is 5.32 Å². The molecule has 1 unspecified atom stereocenters. The van der Waals surface area contributed by atoms with Crippen LogP contribution in [-0.4, -0.2) is 0 Å². The molecule has 0 aromatic heterocycles. The Morgan fingerprint density at radius 3 is 2.63 bits per heavy atom. The van der Waals surface area contributed by atoms with Gasteiger partial charge in [0.1, 0.15) is 11.6 Å². The molecule has 98 valence electrons. The van der Waals surface area contributed by atoms with E-state index >= 15 is 0 Å². The van der Waals surface area contributed by atoms with E-state index in [1.807, 2.05) is 6.07 Å². The van der Waals surface area contributed by atoms with E-state index in [4.69, 9.17) is 0 Å². The highest BCUT2D eigenvalue weighted by Crippen LogP contribution is 2.32. The van der Waals surface area contributed by atoms with Gasteiger partial charge in [0.15, 0.2) is 0 Å². The molecule has 1 nitrogen and oxygen atoms in total.